The molecule has 0 radical (unpaired) electrons. The molecule has 1 heterocycles. The molecule has 1 aromatic rings. The van der Waals surface area contributed by atoms with Crippen LogP contribution in [-0.2, 0) is 4.74 Å². The van der Waals surface area contributed by atoms with Gasteiger partial charge in [0.2, 0.25) is 0 Å². The summed E-state index contributed by atoms with van der Waals surface area (Å²) in [5.41, 5.74) is 1.71. The van der Waals surface area contributed by atoms with Crippen LogP contribution >= 0.6 is 0 Å². The molecule has 2 rings (SSSR count). The summed E-state index contributed by atoms with van der Waals surface area (Å²) < 4.78 is 10.7. The maximum absolute atomic E-state index is 12.3. The number of hydrogen-bond donors (Lipinski definition) is 0. The van der Waals surface area contributed by atoms with Crippen molar-refractivity contribution in [3.8, 4) is 5.75 Å². The fraction of sp³-hybridized carbons (Fsp3) is 0.562. The van der Waals surface area contributed by atoms with E-state index in [2.05, 4.69) is 4.90 Å². The van der Waals surface area contributed by atoms with Crippen molar-refractivity contribution in [1.29, 1.82) is 0 Å². The van der Waals surface area contributed by atoms with E-state index in [0.29, 0.717) is 17.7 Å². The fourth-order valence-corrected chi connectivity index (χ4v) is 2.57. The molecule has 0 saturated carbocycles. The van der Waals surface area contributed by atoms with Crippen LogP contribution in [0.25, 0.3) is 0 Å². The van der Waals surface area contributed by atoms with Crippen LogP contribution in [0.15, 0.2) is 18.2 Å². The number of ether oxygens (including phenoxy) is 2. The van der Waals surface area contributed by atoms with Crippen LogP contribution in [0.3, 0.4) is 0 Å². The zero-order valence-corrected chi connectivity index (χ0v) is 12.4. The van der Waals surface area contributed by atoms with Gasteiger partial charge in [0.1, 0.15) is 5.75 Å². The lowest BCUT2D eigenvalue weighted by Crippen LogP contribution is -2.36. The highest BCUT2D eigenvalue weighted by Crippen LogP contribution is 2.24. The van der Waals surface area contributed by atoms with E-state index in [4.69, 9.17) is 9.47 Å². The molecule has 0 amide bonds. The summed E-state index contributed by atoms with van der Waals surface area (Å²) in [6.45, 7) is 6.48. The summed E-state index contributed by atoms with van der Waals surface area (Å²) >= 11 is 0. The van der Waals surface area contributed by atoms with Gasteiger partial charge in [-0.1, -0.05) is 12.1 Å². The van der Waals surface area contributed by atoms with Crippen molar-refractivity contribution in [2.24, 2.45) is 0 Å². The molecular weight excluding hydrogens is 254 g/mol. The van der Waals surface area contributed by atoms with Crippen molar-refractivity contribution in [2.45, 2.75) is 19.8 Å². The molecule has 1 saturated heterocycles. The predicted octanol–water partition coefficient (Wildman–Crippen LogP) is 2.30. The van der Waals surface area contributed by atoms with Crippen LogP contribution < -0.4 is 4.74 Å². The number of para-hydroxylation sites is 1. The van der Waals surface area contributed by atoms with Gasteiger partial charge in [0.15, 0.2) is 5.78 Å². The molecule has 1 aromatic carbocycles. The molecule has 4 heteroatoms. The highest BCUT2D eigenvalue weighted by molar-refractivity contribution is 5.99. The molecule has 0 unspecified atom stereocenters. The number of carbonyl (C=O) groups excluding carboxylic acids is 1. The number of aryl methyl sites for hydroxylation is 1. The predicted molar refractivity (Wildman–Crippen MR) is 78.6 cm³/mol. The second-order valence-corrected chi connectivity index (χ2v) is 5.14. The molecule has 0 bridgehead atoms. The molecule has 4 nitrogen and oxygen atoms in total. The number of rotatable bonds is 6. The van der Waals surface area contributed by atoms with Gasteiger partial charge in [0, 0.05) is 19.5 Å². The number of ketones is 1. The van der Waals surface area contributed by atoms with Crippen LogP contribution in [-0.4, -0.2) is 50.6 Å². The first-order valence-electron chi connectivity index (χ1n) is 7.19. The Kier molecular flexibility index (Phi) is 5.56. The van der Waals surface area contributed by atoms with Crippen molar-refractivity contribution in [2.75, 3.05) is 40.0 Å². The summed E-state index contributed by atoms with van der Waals surface area (Å²) in [6, 6.07) is 5.72. The van der Waals surface area contributed by atoms with Crippen molar-refractivity contribution in [1.82, 2.24) is 4.90 Å². The minimum atomic E-state index is 0.166. The number of Topliss-reactive ketones (excluding diaryl/α,β-unsaturated/α-hetero) is 1. The minimum absolute atomic E-state index is 0.166. The first kappa shape index (κ1) is 15.0. The SMILES string of the molecule is COc1c(C)cccc1C(=O)CCCN1CCOCC1. The number of morpholine rings is 1. The molecule has 1 fully saturated rings. The van der Waals surface area contributed by atoms with Gasteiger partial charge in [-0.3, -0.25) is 9.69 Å². The van der Waals surface area contributed by atoms with Crippen LogP contribution in [0.4, 0.5) is 0 Å². The Morgan fingerprint density at radius 1 is 1.35 bits per heavy atom. The largest absolute Gasteiger partial charge is 0.496 e. The summed E-state index contributed by atoms with van der Waals surface area (Å²) in [5, 5.41) is 0. The average molecular weight is 277 g/mol. The van der Waals surface area contributed by atoms with E-state index >= 15 is 0 Å². The minimum Gasteiger partial charge on any atom is -0.496 e. The zero-order chi connectivity index (χ0) is 14.4. The molecule has 20 heavy (non-hydrogen) atoms. The first-order chi connectivity index (χ1) is 9.72. The Hall–Kier alpha value is -1.39. The molecule has 0 aromatic heterocycles. The van der Waals surface area contributed by atoms with E-state index in [1.807, 2.05) is 25.1 Å². The van der Waals surface area contributed by atoms with Gasteiger partial charge in [-0.05, 0) is 31.5 Å². The van der Waals surface area contributed by atoms with Gasteiger partial charge in [-0.25, -0.2) is 0 Å². The molecule has 1 aliphatic heterocycles. The Bertz CT molecular complexity index is 453. The van der Waals surface area contributed by atoms with E-state index in [1.54, 1.807) is 7.11 Å². The van der Waals surface area contributed by atoms with E-state index in [0.717, 1.165) is 44.8 Å². The Morgan fingerprint density at radius 3 is 2.80 bits per heavy atom. The molecular formula is C16H23NO3. The zero-order valence-electron chi connectivity index (χ0n) is 12.4. The number of nitrogens with zero attached hydrogens (tertiary/aromatic N) is 1. The number of carbonyl (C=O) groups is 1. The first-order valence-corrected chi connectivity index (χ1v) is 7.19. The maximum atomic E-state index is 12.3. The summed E-state index contributed by atoms with van der Waals surface area (Å²) in [5.74, 6) is 0.877. The Morgan fingerprint density at radius 2 is 2.10 bits per heavy atom. The molecule has 0 aliphatic carbocycles. The quantitative estimate of drug-likeness (QED) is 0.748. The topological polar surface area (TPSA) is 38.8 Å². The van der Waals surface area contributed by atoms with Crippen molar-refractivity contribution < 1.29 is 14.3 Å². The van der Waals surface area contributed by atoms with Gasteiger partial charge in [0.05, 0.1) is 25.9 Å². The van der Waals surface area contributed by atoms with Gasteiger partial charge >= 0.3 is 0 Å². The summed E-state index contributed by atoms with van der Waals surface area (Å²) in [6.07, 6.45) is 1.45. The Labute approximate surface area is 120 Å². The van der Waals surface area contributed by atoms with Crippen molar-refractivity contribution in [3.05, 3.63) is 29.3 Å². The van der Waals surface area contributed by atoms with Crippen molar-refractivity contribution >= 4 is 5.78 Å². The fourth-order valence-electron chi connectivity index (χ4n) is 2.57. The highest BCUT2D eigenvalue weighted by atomic mass is 16.5. The van der Waals surface area contributed by atoms with Crippen LogP contribution in [0.2, 0.25) is 0 Å². The smallest absolute Gasteiger partial charge is 0.166 e. The third-order valence-electron chi connectivity index (χ3n) is 3.70. The van der Waals surface area contributed by atoms with E-state index in [9.17, 15) is 4.79 Å². The van der Waals surface area contributed by atoms with Gasteiger partial charge in [-0.15, -0.1) is 0 Å². The van der Waals surface area contributed by atoms with Gasteiger partial charge < -0.3 is 9.47 Å². The molecule has 0 spiro atoms. The lowest BCUT2D eigenvalue weighted by molar-refractivity contribution is 0.0371. The molecule has 0 atom stereocenters. The lowest BCUT2D eigenvalue weighted by atomic mass is 10.0. The standard InChI is InChI=1S/C16H23NO3/c1-13-5-3-6-14(16(13)19-2)15(18)7-4-8-17-9-11-20-12-10-17/h3,5-6H,4,7-12H2,1-2H3. The van der Waals surface area contributed by atoms with Gasteiger partial charge in [0.25, 0.3) is 0 Å². The second kappa shape index (κ2) is 7.41. The summed E-state index contributed by atoms with van der Waals surface area (Å²) in [4.78, 5) is 14.6. The average Bonchev–Trinajstić information content (AvgIpc) is 2.48. The molecule has 0 N–H and O–H groups in total. The highest BCUT2D eigenvalue weighted by Gasteiger charge is 2.15. The Balaban J connectivity index is 1.87. The number of methoxy groups -OCH3 is 1. The van der Waals surface area contributed by atoms with Crippen LogP contribution in [0, 0.1) is 6.92 Å². The normalized spacial score (nSPS) is 16.1. The van der Waals surface area contributed by atoms with E-state index in [1.165, 1.54) is 0 Å². The lowest BCUT2D eigenvalue weighted by Gasteiger charge is -2.26. The van der Waals surface area contributed by atoms with Crippen LogP contribution in [0.5, 0.6) is 5.75 Å². The van der Waals surface area contributed by atoms with E-state index in [-0.39, 0.29) is 5.78 Å². The molecule has 1 aliphatic rings. The van der Waals surface area contributed by atoms with Gasteiger partial charge in [-0.2, -0.15) is 0 Å². The monoisotopic (exact) mass is 277 g/mol. The van der Waals surface area contributed by atoms with Crippen LogP contribution in [0.1, 0.15) is 28.8 Å². The summed E-state index contributed by atoms with van der Waals surface area (Å²) in [7, 11) is 1.62. The maximum Gasteiger partial charge on any atom is 0.166 e. The third-order valence-corrected chi connectivity index (χ3v) is 3.70. The molecule has 110 valence electrons. The third kappa shape index (κ3) is 3.81. The second-order valence-electron chi connectivity index (χ2n) is 5.14. The van der Waals surface area contributed by atoms with E-state index < -0.39 is 0 Å². The van der Waals surface area contributed by atoms with Crippen molar-refractivity contribution in [3.63, 3.8) is 0 Å². The number of hydrogen-bond acceptors (Lipinski definition) is 4. The number of benzene rings is 1.